The van der Waals surface area contributed by atoms with Crippen LogP contribution in [0.25, 0.3) is 10.9 Å². The largest absolute Gasteiger partial charge is 0.360 e. The lowest BCUT2D eigenvalue weighted by Crippen LogP contribution is -2.27. The summed E-state index contributed by atoms with van der Waals surface area (Å²) in [6, 6.07) is 7.43. The van der Waals surface area contributed by atoms with E-state index >= 15 is 0 Å². The first-order valence-corrected chi connectivity index (χ1v) is 6.84. The highest BCUT2D eigenvalue weighted by Crippen LogP contribution is 2.19. The van der Waals surface area contributed by atoms with Crippen LogP contribution in [-0.4, -0.2) is 20.5 Å². The van der Waals surface area contributed by atoms with E-state index in [1.165, 1.54) is 6.20 Å². The fraction of sp³-hybridized carbons (Fsp3) is 0.0714. The topological polar surface area (TPSA) is 67.8 Å². The Hall–Kier alpha value is -2.11. The molecule has 0 aliphatic rings. The number of para-hydroxylation sites is 1. The molecule has 0 aliphatic heterocycles. The summed E-state index contributed by atoms with van der Waals surface area (Å²) in [6.07, 6.45) is 2.86. The van der Waals surface area contributed by atoms with Crippen molar-refractivity contribution in [1.82, 2.24) is 14.8 Å². The van der Waals surface area contributed by atoms with Gasteiger partial charge in [0, 0.05) is 22.7 Å². The van der Waals surface area contributed by atoms with Gasteiger partial charge in [0.1, 0.15) is 11.6 Å². The van der Waals surface area contributed by atoms with Gasteiger partial charge < -0.3 is 4.98 Å². The number of carbonyl (C=O) groups excluding carboxylic acids is 1. The molecule has 3 rings (SSSR count). The molecule has 0 bridgehead atoms. The number of carbonyl (C=O) groups is 1. The molecule has 0 saturated heterocycles. The number of ketones is 1. The van der Waals surface area contributed by atoms with Gasteiger partial charge in [-0.05, 0) is 6.07 Å². The Morgan fingerprint density at radius 3 is 2.86 bits per heavy atom. The Morgan fingerprint density at radius 1 is 1.29 bits per heavy atom. The first-order valence-electron chi connectivity index (χ1n) is 6.08. The molecule has 106 valence electrons. The Morgan fingerprint density at radius 2 is 2.05 bits per heavy atom. The molecule has 1 N–H and O–H groups in total. The summed E-state index contributed by atoms with van der Waals surface area (Å²) in [7, 11) is 0. The molecule has 2 aromatic heterocycles. The third-order valence-corrected chi connectivity index (χ3v) is 3.87. The molecule has 0 amide bonds. The average molecular weight is 322 g/mol. The highest BCUT2D eigenvalue weighted by atomic mass is 35.5. The van der Waals surface area contributed by atoms with Gasteiger partial charge in [0.15, 0.2) is 5.78 Å². The Kier molecular flexibility index (Phi) is 3.53. The third-order valence-electron chi connectivity index (χ3n) is 3.13. The highest BCUT2D eigenvalue weighted by Gasteiger charge is 2.15. The number of nitrogens with zero attached hydrogens (tertiary/aromatic N) is 2. The van der Waals surface area contributed by atoms with Crippen LogP contribution in [0.1, 0.15) is 10.4 Å². The molecular formula is C14H9Cl2N3O2. The zero-order valence-corrected chi connectivity index (χ0v) is 12.1. The first-order chi connectivity index (χ1) is 10.1. The fourth-order valence-corrected chi connectivity index (χ4v) is 2.35. The van der Waals surface area contributed by atoms with E-state index in [0.717, 1.165) is 15.6 Å². The number of hydrogen-bond donors (Lipinski definition) is 1. The lowest BCUT2D eigenvalue weighted by atomic mass is 10.1. The molecule has 0 spiro atoms. The van der Waals surface area contributed by atoms with E-state index in [0.29, 0.717) is 5.56 Å². The maximum Gasteiger partial charge on any atom is 0.287 e. The van der Waals surface area contributed by atoms with Crippen LogP contribution in [-0.2, 0) is 6.54 Å². The van der Waals surface area contributed by atoms with Gasteiger partial charge in [-0.3, -0.25) is 9.59 Å². The third kappa shape index (κ3) is 2.46. The lowest BCUT2D eigenvalue weighted by molar-refractivity contribution is 0.0967. The van der Waals surface area contributed by atoms with Crippen molar-refractivity contribution in [3.63, 3.8) is 0 Å². The predicted molar refractivity (Wildman–Crippen MR) is 81.1 cm³/mol. The van der Waals surface area contributed by atoms with E-state index in [2.05, 4.69) is 10.1 Å². The highest BCUT2D eigenvalue weighted by molar-refractivity contribution is 6.41. The lowest BCUT2D eigenvalue weighted by Gasteiger charge is -2.04. The van der Waals surface area contributed by atoms with E-state index in [1.54, 1.807) is 6.20 Å². The molecule has 2 heterocycles. The summed E-state index contributed by atoms with van der Waals surface area (Å²) < 4.78 is 0.998. The number of nitrogens with one attached hydrogen (secondary N) is 1. The van der Waals surface area contributed by atoms with E-state index in [-0.39, 0.29) is 22.4 Å². The predicted octanol–water partition coefficient (Wildman–Crippen LogP) is 2.91. The van der Waals surface area contributed by atoms with Gasteiger partial charge in [-0.15, -0.1) is 0 Å². The van der Waals surface area contributed by atoms with Crippen LogP contribution in [0.2, 0.25) is 10.0 Å². The smallest absolute Gasteiger partial charge is 0.287 e. The summed E-state index contributed by atoms with van der Waals surface area (Å²) in [5, 5.41) is 4.55. The quantitative estimate of drug-likeness (QED) is 0.754. The number of Topliss-reactive ketones (excluding diaryl/α,β-unsaturated/α-hetero) is 1. The van der Waals surface area contributed by atoms with Gasteiger partial charge in [-0.25, -0.2) is 4.68 Å². The summed E-state index contributed by atoms with van der Waals surface area (Å²) in [6.45, 7) is -0.197. The van der Waals surface area contributed by atoms with Crippen molar-refractivity contribution in [2.45, 2.75) is 6.54 Å². The molecule has 0 aliphatic carbocycles. The second-order valence-corrected chi connectivity index (χ2v) is 5.23. The molecule has 7 heteroatoms. The van der Waals surface area contributed by atoms with Gasteiger partial charge in [-0.2, -0.15) is 5.10 Å². The van der Waals surface area contributed by atoms with Gasteiger partial charge in [-0.1, -0.05) is 41.4 Å². The van der Waals surface area contributed by atoms with Crippen LogP contribution < -0.4 is 5.56 Å². The van der Waals surface area contributed by atoms with Crippen LogP contribution in [0.3, 0.4) is 0 Å². The molecule has 3 aromatic rings. The Bertz CT molecular complexity index is 899. The Balaban J connectivity index is 1.97. The molecule has 0 unspecified atom stereocenters. The monoisotopic (exact) mass is 321 g/mol. The molecule has 0 atom stereocenters. The number of halogens is 2. The SMILES string of the molecule is O=C(Cn1ncc(Cl)c(Cl)c1=O)c1c[nH]c2ccccc12. The van der Waals surface area contributed by atoms with Crippen molar-refractivity contribution in [2.24, 2.45) is 0 Å². The summed E-state index contributed by atoms with van der Waals surface area (Å²) >= 11 is 11.5. The molecule has 21 heavy (non-hydrogen) atoms. The molecule has 0 fully saturated rings. The van der Waals surface area contributed by atoms with Crippen LogP contribution in [0.15, 0.2) is 41.5 Å². The van der Waals surface area contributed by atoms with Crippen molar-refractivity contribution >= 4 is 39.9 Å². The maximum absolute atomic E-state index is 12.3. The maximum atomic E-state index is 12.3. The zero-order chi connectivity index (χ0) is 15.0. The normalized spacial score (nSPS) is 11.0. The summed E-state index contributed by atoms with van der Waals surface area (Å²) in [5.74, 6) is -0.236. The van der Waals surface area contributed by atoms with Crippen LogP contribution >= 0.6 is 23.2 Å². The van der Waals surface area contributed by atoms with Crippen molar-refractivity contribution in [3.8, 4) is 0 Å². The number of aromatic nitrogens is 3. The van der Waals surface area contributed by atoms with Gasteiger partial charge in [0.2, 0.25) is 0 Å². The van der Waals surface area contributed by atoms with Gasteiger partial charge in [0.25, 0.3) is 5.56 Å². The number of aromatic amines is 1. The van der Waals surface area contributed by atoms with Crippen molar-refractivity contribution in [1.29, 1.82) is 0 Å². The Labute approximate surface area is 129 Å². The van der Waals surface area contributed by atoms with Crippen molar-refractivity contribution in [2.75, 3.05) is 0 Å². The van der Waals surface area contributed by atoms with Gasteiger partial charge in [0.05, 0.1) is 11.2 Å². The fourth-order valence-electron chi connectivity index (χ4n) is 2.08. The molecular weight excluding hydrogens is 313 g/mol. The van der Waals surface area contributed by atoms with Crippen molar-refractivity contribution in [3.05, 3.63) is 62.6 Å². The number of fused-ring (bicyclic) bond motifs is 1. The number of hydrogen-bond acceptors (Lipinski definition) is 3. The van der Waals surface area contributed by atoms with Gasteiger partial charge >= 0.3 is 0 Å². The summed E-state index contributed by atoms with van der Waals surface area (Å²) in [4.78, 5) is 27.2. The standard InChI is InChI=1S/C14H9Cl2N3O2/c15-10-6-18-19(14(21)13(10)16)7-12(20)9-5-17-11-4-2-1-3-8(9)11/h1-6,17H,7H2. The summed E-state index contributed by atoms with van der Waals surface area (Å²) in [5.41, 5.74) is 0.776. The second kappa shape index (κ2) is 5.35. The minimum Gasteiger partial charge on any atom is -0.360 e. The van der Waals surface area contributed by atoms with Crippen molar-refractivity contribution < 1.29 is 4.79 Å². The van der Waals surface area contributed by atoms with E-state index < -0.39 is 5.56 Å². The first kappa shape index (κ1) is 13.9. The van der Waals surface area contributed by atoms with Crippen LogP contribution in [0.5, 0.6) is 0 Å². The number of rotatable bonds is 3. The zero-order valence-electron chi connectivity index (χ0n) is 10.6. The van der Waals surface area contributed by atoms with E-state index in [4.69, 9.17) is 23.2 Å². The minimum atomic E-state index is -0.586. The number of H-pyrrole nitrogens is 1. The van der Waals surface area contributed by atoms with E-state index in [9.17, 15) is 9.59 Å². The van der Waals surface area contributed by atoms with E-state index in [1.807, 2.05) is 24.3 Å². The molecule has 0 radical (unpaired) electrons. The minimum absolute atomic E-state index is 0.0671. The molecule has 0 saturated carbocycles. The second-order valence-electron chi connectivity index (χ2n) is 4.44. The van der Waals surface area contributed by atoms with Crippen LogP contribution in [0, 0.1) is 0 Å². The molecule has 5 nitrogen and oxygen atoms in total. The number of benzene rings is 1. The van der Waals surface area contributed by atoms with Crippen LogP contribution in [0.4, 0.5) is 0 Å². The molecule has 1 aromatic carbocycles. The average Bonchev–Trinajstić information content (AvgIpc) is 2.92.